The van der Waals surface area contributed by atoms with Crippen LogP contribution in [0.1, 0.15) is 43.4 Å². The highest BCUT2D eigenvalue weighted by molar-refractivity contribution is 5.81. The Balaban J connectivity index is 1.64. The number of fused-ring (bicyclic) bond motifs is 1. The van der Waals surface area contributed by atoms with Crippen LogP contribution in [0.4, 0.5) is 0 Å². The van der Waals surface area contributed by atoms with Crippen LogP contribution in [0.3, 0.4) is 0 Å². The largest absolute Gasteiger partial charge is 0.481 e. The molecule has 0 saturated heterocycles. The molecule has 4 nitrogen and oxygen atoms in total. The monoisotopic (exact) mass is 261 g/mol. The van der Waals surface area contributed by atoms with Crippen LogP contribution in [0.2, 0.25) is 0 Å². The summed E-state index contributed by atoms with van der Waals surface area (Å²) in [5, 5.41) is 12.7. The third-order valence-electron chi connectivity index (χ3n) is 3.77. The summed E-state index contributed by atoms with van der Waals surface area (Å²) in [4.78, 5) is 11.8. The molecule has 19 heavy (non-hydrogen) atoms. The molecule has 2 atom stereocenters. The van der Waals surface area contributed by atoms with E-state index in [1.807, 2.05) is 18.2 Å². The molecule has 0 spiro atoms. The first-order valence-corrected chi connectivity index (χ1v) is 6.91. The molecule has 2 aliphatic carbocycles. The number of amides is 1. The molecular formula is C15H19NO3. The Morgan fingerprint density at radius 3 is 2.95 bits per heavy atom. The highest BCUT2D eigenvalue weighted by Gasteiger charge is 2.27. The molecule has 0 bridgehead atoms. The van der Waals surface area contributed by atoms with E-state index in [9.17, 15) is 9.90 Å². The van der Waals surface area contributed by atoms with Crippen LogP contribution >= 0.6 is 0 Å². The topological polar surface area (TPSA) is 58.6 Å². The van der Waals surface area contributed by atoms with Crippen molar-refractivity contribution in [3.05, 3.63) is 29.3 Å². The minimum Gasteiger partial charge on any atom is -0.481 e. The third-order valence-corrected chi connectivity index (χ3v) is 3.77. The Hall–Kier alpha value is -1.55. The van der Waals surface area contributed by atoms with Gasteiger partial charge in [0.1, 0.15) is 5.75 Å². The smallest absolute Gasteiger partial charge is 0.260 e. The SMILES string of the molecule is CC(Oc1ccc2c(c1)CC[C@@H]2O)C(=O)NC1CC1. The van der Waals surface area contributed by atoms with Gasteiger partial charge in [-0.3, -0.25) is 4.79 Å². The zero-order chi connectivity index (χ0) is 13.4. The second-order valence-electron chi connectivity index (χ2n) is 5.46. The summed E-state index contributed by atoms with van der Waals surface area (Å²) in [7, 11) is 0. The Labute approximate surface area is 112 Å². The molecule has 4 heteroatoms. The van der Waals surface area contributed by atoms with E-state index in [1.165, 1.54) is 0 Å². The Kier molecular flexibility index (Phi) is 3.19. The molecule has 2 N–H and O–H groups in total. The van der Waals surface area contributed by atoms with E-state index in [0.29, 0.717) is 11.8 Å². The lowest BCUT2D eigenvalue weighted by atomic mass is 10.1. The van der Waals surface area contributed by atoms with Crippen molar-refractivity contribution in [1.82, 2.24) is 5.32 Å². The van der Waals surface area contributed by atoms with Crippen LogP contribution in [0.25, 0.3) is 0 Å². The van der Waals surface area contributed by atoms with Gasteiger partial charge in [-0.15, -0.1) is 0 Å². The molecule has 0 aromatic heterocycles. The number of rotatable bonds is 4. The van der Waals surface area contributed by atoms with Gasteiger partial charge in [-0.05, 0) is 55.9 Å². The van der Waals surface area contributed by atoms with Crippen molar-refractivity contribution in [3.63, 3.8) is 0 Å². The maximum Gasteiger partial charge on any atom is 0.260 e. The predicted octanol–water partition coefficient (Wildman–Crippen LogP) is 1.71. The lowest BCUT2D eigenvalue weighted by molar-refractivity contribution is -0.127. The summed E-state index contributed by atoms with van der Waals surface area (Å²) < 4.78 is 5.67. The van der Waals surface area contributed by atoms with Gasteiger partial charge in [-0.1, -0.05) is 6.07 Å². The standard InChI is InChI=1S/C15H19NO3/c1-9(15(18)16-11-3-4-11)19-12-5-6-13-10(8-12)2-7-14(13)17/h5-6,8-9,11,14,17H,2-4,7H2,1H3,(H,16,18)/t9?,14-/m0/s1. The molecule has 0 aliphatic heterocycles. The number of aryl methyl sites for hydroxylation is 1. The summed E-state index contributed by atoms with van der Waals surface area (Å²) in [5.41, 5.74) is 2.11. The minimum atomic E-state index is -0.482. The second-order valence-corrected chi connectivity index (χ2v) is 5.46. The van der Waals surface area contributed by atoms with Crippen LogP contribution in [-0.4, -0.2) is 23.2 Å². The van der Waals surface area contributed by atoms with Crippen molar-refractivity contribution >= 4 is 5.91 Å². The maximum atomic E-state index is 11.8. The van der Waals surface area contributed by atoms with Gasteiger partial charge < -0.3 is 15.2 Å². The van der Waals surface area contributed by atoms with Gasteiger partial charge in [-0.25, -0.2) is 0 Å². The summed E-state index contributed by atoms with van der Waals surface area (Å²) in [6.07, 6.45) is 2.97. The molecule has 0 radical (unpaired) electrons. The van der Waals surface area contributed by atoms with Crippen molar-refractivity contribution in [2.75, 3.05) is 0 Å². The molecule has 0 heterocycles. The normalized spacial score (nSPS) is 22.7. The Bertz CT molecular complexity index is 496. The van der Waals surface area contributed by atoms with E-state index < -0.39 is 6.10 Å². The van der Waals surface area contributed by atoms with Gasteiger partial charge in [0.15, 0.2) is 6.10 Å². The fourth-order valence-corrected chi connectivity index (χ4v) is 2.45. The summed E-state index contributed by atoms with van der Waals surface area (Å²) in [6, 6.07) is 6.02. The molecular weight excluding hydrogens is 242 g/mol. The van der Waals surface area contributed by atoms with E-state index in [1.54, 1.807) is 6.92 Å². The van der Waals surface area contributed by atoms with E-state index in [-0.39, 0.29) is 12.0 Å². The Morgan fingerprint density at radius 1 is 1.42 bits per heavy atom. The zero-order valence-electron chi connectivity index (χ0n) is 11.1. The number of hydrogen-bond donors (Lipinski definition) is 2. The molecule has 1 fully saturated rings. The highest BCUT2D eigenvalue weighted by Crippen LogP contribution is 2.33. The first-order chi connectivity index (χ1) is 9.13. The van der Waals surface area contributed by atoms with Crippen molar-refractivity contribution < 1.29 is 14.6 Å². The maximum absolute atomic E-state index is 11.8. The first kappa shape index (κ1) is 12.5. The van der Waals surface area contributed by atoms with Crippen molar-refractivity contribution in [3.8, 4) is 5.75 Å². The number of carbonyl (C=O) groups excluding carboxylic acids is 1. The van der Waals surface area contributed by atoms with Crippen LogP contribution in [0.5, 0.6) is 5.75 Å². The second kappa shape index (κ2) is 4.85. The van der Waals surface area contributed by atoms with Crippen LogP contribution in [0.15, 0.2) is 18.2 Å². The molecule has 3 rings (SSSR count). The van der Waals surface area contributed by atoms with Gasteiger partial charge in [-0.2, -0.15) is 0 Å². The summed E-state index contributed by atoms with van der Waals surface area (Å²) in [6.45, 7) is 1.76. The average molecular weight is 261 g/mol. The number of nitrogens with one attached hydrogen (secondary N) is 1. The van der Waals surface area contributed by atoms with Gasteiger partial charge in [0, 0.05) is 6.04 Å². The molecule has 102 valence electrons. The number of benzene rings is 1. The molecule has 1 unspecified atom stereocenters. The highest BCUT2D eigenvalue weighted by atomic mass is 16.5. The third kappa shape index (κ3) is 2.73. The molecule has 2 aliphatic rings. The number of hydrogen-bond acceptors (Lipinski definition) is 3. The van der Waals surface area contributed by atoms with E-state index in [4.69, 9.17) is 4.74 Å². The first-order valence-electron chi connectivity index (χ1n) is 6.91. The fraction of sp³-hybridized carbons (Fsp3) is 0.533. The van der Waals surface area contributed by atoms with E-state index in [0.717, 1.165) is 36.8 Å². The van der Waals surface area contributed by atoms with Gasteiger partial charge >= 0.3 is 0 Å². The van der Waals surface area contributed by atoms with Gasteiger partial charge in [0.05, 0.1) is 6.10 Å². The fourth-order valence-electron chi connectivity index (χ4n) is 2.45. The van der Waals surface area contributed by atoms with Gasteiger partial charge in [0.2, 0.25) is 0 Å². The van der Waals surface area contributed by atoms with Crippen LogP contribution in [0, 0.1) is 0 Å². The summed E-state index contributed by atoms with van der Waals surface area (Å²) >= 11 is 0. The number of ether oxygens (including phenoxy) is 1. The predicted molar refractivity (Wildman–Crippen MR) is 71.0 cm³/mol. The van der Waals surface area contributed by atoms with Gasteiger partial charge in [0.25, 0.3) is 5.91 Å². The molecule has 1 aromatic rings. The van der Waals surface area contributed by atoms with Crippen LogP contribution in [-0.2, 0) is 11.2 Å². The molecule has 1 aromatic carbocycles. The molecule has 1 saturated carbocycles. The average Bonchev–Trinajstić information content (AvgIpc) is 3.13. The number of aliphatic hydroxyl groups is 1. The van der Waals surface area contributed by atoms with Crippen molar-refractivity contribution in [1.29, 1.82) is 0 Å². The van der Waals surface area contributed by atoms with Crippen LogP contribution < -0.4 is 10.1 Å². The van der Waals surface area contributed by atoms with E-state index in [2.05, 4.69) is 5.32 Å². The molecule has 1 amide bonds. The Morgan fingerprint density at radius 2 is 2.21 bits per heavy atom. The lowest BCUT2D eigenvalue weighted by Crippen LogP contribution is -2.37. The van der Waals surface area contributed by atoms with Crippen molar-refractivity contribution in [2.45, 2.75) is 50.9 Å². The van der Waals surface area contributed by atoms with E-state index >= 15 is 0 Å². The minimum absolute atomic E-state index is 0.0527. The summed E-state index contributed by atoms with van der Waals surface area (Å²) in [5.74, 6) is 0.648. The van der Waals surface area contributed by atoms with Crippen molar-refractivity contribution in [2.24, 2.45) is 0 Å². The lowest BCUT2D eigenvalue weighted by Gasteiger charge is -2.15. The zero-order valence-corrected chi connectivity index (χ0v) is 11.1. The quantitative estimate of drug-likeness (QED) is 0.867. The number of carbonyl (C=O) groups is 1. The number of aliphatic hydroxyl groups excluding tert-OH is 1.